The molecule has 2 N–H and O–H groups in total. The molecule has 3 heteroatoms. The molecule has 0 aromatic heterocycles. The highest BCUT2D eigenvalue weighted by molar-refractivity contribution is 4.85. The molecule has 1 heterocycles. The fourth-order valence-electron chi connectivity index (χ4n) is 3.10. The lowest BCUT2D eigenvalue weighted by Crippen LogP contribution is -2.50. The third-order valence-corrected chi connectivity index (χ3v) is 4.11. The Kier molecular flexibility index (Phi) is 4.62. The molecule has 0 aromatic rings. The summed E-state index contributed by atoms with van der Waals surface area (Å²) in [6, 6.07) is 0.960. The van der Waals surface area contributed by atoms with Gasteiger partial charge in [0.2, 0.25) is 0 Å². The van der Waals surface area contributed by atoms with Gasteiger partial charge in [-0.15, -0.1) is 0 Å². The van der Waals surface area contributed by atoms with E-state index in [1.165, 1.54) is 44.9 Å². The van der Waals surface area contributed by atoms with E-state index in [1.807, 2.05) is 0 Å². The summed E-state index contributed by atoms with van der Waals surface area (Å²) in [7, 11) is 2.22. The zero-order chi connectivity index (χ0) is 11.4. The summed E-state index contributed by atoms with van der Waals surface area (Å²) in [4.78, 5) is 2.44. The fourth-order valence-corrected chi connectivity index (χ4v) is 3.10. The van der Waals surface area contributed by atoms with Crippen molar-refractivity contribution in [1.82, 2.24) is 4.90 Å². The van der Waals surface area contributed by atoms with E-state index < -0.39 is 0 Å². The van der Waals surface area contributed by atoms with Crippen molar-refractivity contribution in [3.05, 3.63) is 0 Å². The minimum Gasteiger partial charge on any atom is -0.377 e. The van der Waals surface area contributed by atoms with Crippen LogP contribution in [0.5, 0.6) is 0 Å². The van der Waals surface area contributed by atoms with Crippen molar-refractivity contribution in [2.75, 3.05) is 20.2 Å². The van der Waals surface area contributed by atoms with E-state index in [2.05, 4.69) is 11.9 Å². The summed E-state index contributed by atoms with van der Waals surface area (Å²) in [5.41, 5.74) is 6.20. The molecule has 1 aliphatic heterocycles. The number of nitrogens with two attached hydrogens (primary N) is 1. The second-order valence-electron chi connectivity index (χ2n) is 5.44. The topological polar surface area (TPSA) is 38.5 Å². The number of rotatable bonds is 3. The molecular weight excluding hydrogens is 200 g/mol. The molecule has 94 valence electrons. The van der Waals surface area contributed by atoms with E-state index in [9.17, 15) is 0 Å². The lowest BCUT2D eigenvalue weighted by atomic mass is 9.90. The first-order valence-corrected chi connectivity index (χ1v) is 6.85. The largest absolute Gasteiger partial charge is 0.377 e. The minimum absolute atomic E-state index is 0.377. The van der Waals surface area contributed by atoms with Crippen molar-refractivity contribution in [3.63, 3.8) is 0 Å². The molecular formula is C13H26N2O. The molecule has 3 unspecified atom stereocenters. The van der Waals surface area contributed by atoms with Crippen LogP contribution in [0.15, 0.2) is 0 Å². The predicted molar refractivity (Wildman–Crippen MR) is 66.5 cm³/mol. The van der Waals surface area contributed by atoms with E-state index in [1.54, 1.807) is 0 Å². The first-order valence-electron chi connectivity index (χ1n) is 6.85. The van der Waals surface area contributed by atoms with Crippen LogP contribution >= 0.6 is 0 Å². The van der Waals surface area contributed by atoms with Crippen LogP contribution in [0.3, 0.4) is 0 Å². The van der Waals surface area contributed by atoms with Gasteiger partial charge in [-0.2, -0.15) is 0 Å². The van der Waals surface area contributed by atoms with Crippen molar-refractivity contribution in [2.45, 2.75) is 63.1 Å². The Morgan fingerprint density at radius 2 is 1.88 bits per heavy atom. The smallest absolute Gasteiger partial charge is 0.0702 e. The molecule has 0 bridgehead atoms. The Balaban J connectivity index is 1.78. The van der Waals surface area contributed by atoms with E-state index in [0.717, 1.165) is 13.2 Å². The van der Waals surface area contributed by atoms with Gasteiger partial charge in [-0.3, -0.25) is 4.90 Å². The monoisotopic (exact) mass is 226 g/mol. The highest BCUT2D eigenvalue weighted by atomic mass is 16.5. The first kappa shape index (κ1) is 12.3. The molecule has 3 nitrogen and oxygen atoms in total. The van der Waals surface area contributed by atoms with Crippen LogP contribution in [0.4, 0.5) is 0 Å². The van der Waals surface area contributed by atoms with Gasteiger partial charge in [0, 0.05) is 25.2 Å². The average Bonchev–Trinajstić information content (AvgIpc) is 2.31. The summed E-state index contributed by atoms with van der Waals surface area (Å²) in [6.45, 7) is 2.02. The van der Waals surface area contributed by atoms with Crippen molar-refractivity contribution >= 4 is 0 Å². The van der Waals surface area contributed by atoms with Crippen LogP contribution in [0.2, 0.25) is 0 Å². The summed E-state index contributed by atoms with van der Waals surface area (Å²) < 4.78 is 5.79. The molecule has 0 spiro atoms. The molecule has 2 aliphatic rings. The lowest BCUT2D eigenvalue weighted by molar-refractivity contribution is -0.0126. The van der Waals surface area contributed by atoms with Gasteiger partial charge < -0.3 is 10.5 Å². The van der Waals surface area contributed by atoms with Crippen LogP contribution in [-0.2, 0) is 4.74 Å². The molecule has 1 saturated heterocycles. The number of nitrogens with zero attached hydrogens (tertiary/aromatic N) is 1. The van der Waals surface area contributed by atoms with Gasteiger partial charge in [0.25, 0.3) is 0 Å². The summed E-state index contributed by atoms with van der Waals surface area (Å²) in [6.07, 6.45) is 9.36. The number of hydrogen-bond acceptors (Lipinski definition) is 3. The van der Waals surface area contributed by atoms with Crippen LogP contribution in [0.25, 0.3) is 0 Å². The van der Waals surface area contributed by atoms with E-state index in [-0.39, 0.29) is 0 Å². The quantitative estimate of drug-likeness (QED) is 0.797. The second-order valence-corrected chi connectivity index (χ2v) is 5.44. The summed E-state index contributed by atoms with van der Waals surface area (Å²) >= 11 is 0. The van der Waals surface area contributed by atoms with E-state index in [0.29, 0.717) is 18.2 Å². The van der Waals surface area contributed by atoms with Gasteiger partial charge >= 0.3 is 0 Å². The maximum absolute atomic E-state index is 6.20. The van der Waals surface area contributed by atoms with Gasteiger partial charge in [-0.05, 0) is 39.2 Å². The van der Waals surface area contributed by atoms with Crippen molar-refractivity contribution < 1.29 is 4.74 Å². The van der Waals surface area contributed by atoms with Gasteiger partial charge in [0.15, 0.2) is 0 Å². The average molecular weight is 226 g/mol. The van der Waals surface area contributed by atoms with Crippen molar-refractivity contribution in [3.8, 4) is 0 Å². The molecule has 3 atom stereocenters. The van der Waals surface area contributed by atoms with Crippen LogP contribution in [0, 0.1) is 0 Å². The van der Waals surface area contributed by atoms with Gasteiger partial charge in [0.05, 0.1) is 6.10 Å². The van der Waals surface area contributed by atoms with Crippen LogP contribution in [0.1, 0.15) is 44.9 Å². The molecule has 16 heavy (non-hydrogen) atoms. The summed E-state index contributed by atoms with van der Waals surface area (Å²) in [5, 5.41) is 0. The Bertz CT molecular complexity index is 204. The zero-order valence-electron chi connectivity index (χ0n) is 10.5. The standard InChI is InChI=1S/C13H26N2O/c1-15(10-11-6-4-5-9-16-11)13-8-3-2-7-12(13)14/h11-13H,2-10,14H2,1H3. The second kappa shape index (κ2) is 5.99. The summed E-state index contributed by atoms with van der Waals surface area (Å²) in [5.74, 6) is 0. The third kappa shape index (κ3) is 3.19. The number of ether oxygens (including phenoxy) is 1. The van der Waals surface area contributed by atoms with Gasteiger partial charge in [0.1, 0.15) is 0 Å². The van der Waals surface area contributed by atoms with E-state index >= 15 is 0 Å². The fraction of sp³-hybridized carbons (Fsp3) is 1.00. The van der Waals surface area contributed by atoms with Crippen molar-refractivity contribution in [1.29, 1.82) is 0 Å². The SMILES string of the molecule is CN(CC1CCCCO1)C1CCCCC1N. The highest BCUT2D eigenvalue weighted by Crippen LogP contribution is 2.22. The zero-order valence-corrected chi connectivity index (χ0v) is 10.5. The molecule has 2 fully saturated rings. The first-order chi connectivity index (χ1) is 7.77. The maximum Gasteiger partial charge on any atom is 0.0702 e. The Labute approximate surface area is 99.3 Å². The van der Waals surface area contributed by atoms with Crippen LogP contribution < -0.4 is 5.73 Å². The minimum atomic E-state index is 0.377. The molecule has 0 amide bonds. The normalized spacial score (nSPS) is 36.6. The van der Waals surface area contributed by atoms with Gasteiger partial charge in [-0.25, -0.2) is 0 Å². The maximum atomic E-state index is 6.20. The molecule has 1 aliphatic carbocycles. The molecule has 0 radical (unpaired) electrons. The number of likely N-dealkylation sites (N-methyl/N-ethyl adjacent to an activating group) is 1. The molecule has 1 saturated carbocycles. The Hall–Kier alpha value is -0.120. The predicted octanol–water partition coefficient (Wildman–Crippen LogP) is 1.76. The molecule has 0 aromatic carbocycles. The third-order valence-electron chi connectivity index (χ3n) is 4.11. The van der Waals surface area contributed by atoms with Crippen molar-refractivity contribution in [2.24, 2.45) is 5.73 Å². The van der Waals surface area contributed by atoms with Gasteiger partial charge in [-0.1, -0.05) is 12.8 Å². The lowest BCUT2D eigenvalue weighted by Gasteiger charge is -2.38. The highest BCUT2D eigenvalue weighted by Gasteiger charge is 2.27. The molecule has 2 rings (SSSR count). The van der Waals surface area contributed by atoms with E-state index in [4.69, 9.17) is 10.5 Å². The Morgan fingerprint density at radius 3 is 2.56 bits per heavy atom. The Morgan fingerprint density at radius 1 is 1.12 bits per heavy atom. The van der Waals surface area contributed by atoms with Crippen LogP contribution in [-0.4, -0.2) is 43.3 Å². The number of hydrogen-bond donors (Lipinski definition) is 1.